The molecule has 5 nitrogen and oxygen atoms in total. The molecule has 0 bridgehead atoms. The van der Waals surface area contributed by atoms with E-state index in [9.17, 15) is 9.59 Å². The molecule has 1 amide bonds. The summed E-state index contributed by atoms with van der Waals surface area (Å²) in [6.45, 7) is 3.96. The highest BCUT2D eigenvalue weighted by Crippen LogP contribution is 2.30. The number of methoxy groups -OCH3 is 1. The van der Waals surface area contributed by atoms with Gasteiger partial charge >= 0.3 is 5.97 Å². The van der Waals surface area contributed by atoms with Gasteiger partial charge in [-0.3, -0.25) is 4.79 Å². The van der Waals surface area contributed by atoms with Crippen molar-refractivity contribution >= 4 is 11.9 Å². The van der Waals surface area contributed by atoms with Crippen molar-refractivity contribution < 1.29 is 14.3 Å². The molecule has 2 N–H and O–H groups in total. The minimum atomic E-state index is -0.551. The van der Waals surface area contributed by atoms with Crippen LogP contribution in [0.4, 0.5) is 0 Å². The second kappa shape index (κ2) is 8.37. The molecule has 21 heavy (non-hydrogen) atoms. The molecule has 1 fully saturated rings. The quantitative estimate of drug-likeness (QED) is 0.706. The largest absolute Gasteiger partial charge is 0.467 e. The molecule has 0 aliphatic heterocycles. The second-order valence-corrected chi connectivity index (χ2v) is 6.22. The number of hydrogen-bond acceptors (Lipinski definition) is 4. The third kappa shape index (κ3) is 4.99. The molecule has 5 heteroatoms. The van der Waals surface area contributed by atoms with Crippen LogP contribution in [0, 0.1) is 5.92 Å². The van der Waals surface area contributed by atoms with Crippen LogP contribution in [0.25, 0.3) is 0 Å². The molecule has 0 aromatic carbocycles. The highest BCUT2D eigenvalue weighted by atomic mass is 16.5. The Morgan fingerprint density at radius 1 is 1.24 bits per heavy atom. The lowest BCUT2D eigenvalue weighted by Crippen LogP contribution is -2.52. The topological polar surface area (TPSA) is 67.4 Å². The van der Waals surface area contributed by atoms with Crippen LogP contribution >= 0.6 is 0 Å². The highest BCUT2D eigenvalue weighted by Gasteiger charge is 2.34. The minimum Gasteiger partial charge on any atom is -0.467 e. The average molecular weight is 298 g/mol. The number of rotatable bonds is 7. The minimum absolute atomic E-state index is 0.0676. The smallest absolute Gasteiger partial charge is 0.328 e. The van der Waals surface area contributed by atoms with Gasteiger partial charge < -0.3 is 15.4 Å². The fraction of sp³-hybridized carbons (Fsp3) is 0.875. The standard InChI is InChI=1S/C16H30N2O3/c1-5-12(2)14(15(20)21-4)18-13(19)11-16(17-3)9-7-6-8-10-16/h12,14,17H,5-11H2,1-4H3,(H,18,19). The first kappa shape index (κ1) is 18.0. The van der Waals surface area contributed by atoms with Gasteiger partial charge in [0, 0.05) is 12.0 Å². The zero-order valence-electron chi connectivity index (χ0n) is 13.8. The maximum atomic E-state index is 12.4. The van der Waals surface area contributed by atoms with Crippen LogP contribution in [-0.2, 0) is 14.3 Å². The van der Waals surface area contributed by atoms with Gasteiger partial charge in [0.25, 0.3) is 0 Å². The molecule has 2 unspecified atom stereocenters. The van der Waals surface area contributed by atoms with Crippen molar-refractivity contribution in [2.24, 2.45) is 5.92 Å². The summed E-state index contributed by atoms with van der Waals surface area (Å²) in [7, 11) is 3.28. The van der Waals surface area contributed by atoms with Crippen molar-refractivity contribution in [1.29, 1.82) is 0 Å². The van der Waals surface area contributed by atoms with Gasteiger partial charge in [-0.15, -0.1) is 0 Å². The maximum Gasteiger partial charge on any atom is 0.328 e. The Morgan fingerprint density at radius 2 is 1.86 bits per heavy atom. The van der Waals surface area contributed by atoms with E-state index in [1.165, 1.54) is 13.5 Å². The Labute approximate surface area is 128 Å². The third-order valence-electron chi connectivity index (χ3n) is 4.82. The summed E-state index contributed by atoms with van der Waals surface area (Å²) in [5, 5.41) is 6.20. The number of carbonyl (C=O) groups excluding carboxylic acids is 2. The molecule has 0 radical (unpaired) electrons. The highest BCUT2D eigenvalue weighted by molar-refractivity contribution is 5.85. The molecule has 0 aromatic heterocycles. The Kier molecular flexibility index (Phi) is 7.15. The van der Waals surface area contributed by atoms with Crippen LogP contribution in [0.3, 0.4) is 0 Å². The van der Waals surface area contributed by atoms with Crippen molar-refractivity contribution in [2.45, 2.75) is 70.4 Å². The number of esters is 1. The van der Waals surface area contributed by atoms with Gasteiger partial charge in [0.15, 0.2) is 0 Å². The second-order valence-electron chi connectivity index (χ2n) is 6.22. The van der Waals surface area contributed by atoms with Crippen molar-refractivity contribution in [1.82, 2.24) is 10.6 Å². The summed E-state index contributed by atoms with van der Waals surface area (Å²) in [6, 6.07) is -0.551. The lowest BCUT2D eigenvalue weighted by Gasteiger charge is -2.37. The number of amides is 1. The Bertz CT molecular complexity index is 351. The monoisotopic (exact) mass is 298 g/mol. The summed E-state index contributed by atoms with van der Waals surface area (Å²) >= 11 is 0. The fourth-order valence-electron chi connectivity index (χ4n) is 3.07. The number of ether oxygens (including phenoxy) is 1. The predicted octanol–water partition coefficient (Wildman–Crippen LogP) is 2.00. The van der Waals surface area contributed by atoms with E-state index in [2.05, 4.69) is 10.6 Å². The Balaban J connectivity index is 2.66. The molecule has 1 rings (SSSR count). The summed E-state index contributed by atoms with van der Waals surface area (Å²) in [5.74, 6) is -0.361. The van der Waals surface area contributed by atoms with E-state index in [1.54, 1.807) is 0 Å². The van der Waals surface area contributed by atoms with Gasteiger partial charge in [-0.05, 0) is 25.8 Å². The Hall–Kier alpha value is -1.10. The van der Waals surface area contributed by atoms with Crippen molar-refractivity contribution in [3.05, 3.63) is 0 Å². The first-order valence-electron chi connectivity index (χ1n) is 8.04. The molecule has 0 heterocycles. The van der Waals surface area contributed by atoms with Crippen LogP contribution in [0.2, 0.25) is 0 Å². The predicted molar refractivity (Wildman–Crippen MR) is 82.9 cm³/mol. The summed E-state index contributed by atoms with van der Waals surface area (Å²) in [5.41, 5.74) is -0.113. The number of carbonyl (C=O) groups is 2. The van der Waals surface area contributed by atoms with Crippen molar-refractivity contribution in [2.75, 3.05) is 14.2 Å². The van der Waals surface area contributed by atoms with Gasteiger partial charge in [-0.1, -0.05) is 39.5 Å². The van der Waals surface area contributed by atoms with Gasteiger partial charge in [-0.25, -0.2) is 4.79 Å². The van der Waals surface area contributed by atoms with E-state index < -0.39 is 6.04 Å². The molecule has 1 saturated carbocycles. The van der Waals surface area contributed by atoms with Crippen molar-refractivity contribution in [3.8, 4) is 0 Å². The lowest BCUT2D eigenvalue weighted by molar-refractivity contribution is -0.146. The van der Waals surface area contributed by atoms with E-state index in [0.717, 1.165) is 32.1 Å². The zero-order chi connectivity index (χ0) is 15.9. The van der Waals surface area contributed by atoms with Crippen LogP contribution in [0.1, 0.15) is 58.8 Å². The van der Waals surface area contributed by atoms with Gasteiger partial charge in [-0.2, -0.15) is 0 Å². The normalized spacial score (nSPS) is 20.4. The van der Waals surface area contributed by atoms with E-state index in [0.29, 0.717) is 6.42 Å². The van der Waals surface area contributed by atoms with Gasteiger partial charge in [0.1, 0.15) is 6.04 Å². The van der Waals surface area contributed by atoms with Crippen LogP contribution in [-0.4, -0.2) is 37.6 Å². The van der Waals surface area contributed by atoms with E-state index in [4.69, 9.17) is 4.74 Å². The molecule has 122 valence electrons. The van der Waals surface area contributed by atoms with E-state index >= 15 is 0 Å². The van der Waals surface area contributed by atoms with Gasteiger partial charge in [0.05, 0.1) is 7.11 Å². The zero-order valence-corrected chi connectivity index (χ0v) is 13.8. The van der Waals surface area contributed by atoms with Crippen molar-refractivity contribution in [3.63, 3.8) is 0 Å². The molecular weight excluding hydrogens is 268 g/mol. The first-order chi connectivity index (χ1) is 9.98. The third-order valence-corrected chi connectivity index (χ3v) is 4.82. The number of hydrogen-bond donors (Lipinski definition) is 2. The van der Waals surface area contributed by atoms with Crippen LogP contribution in [0.15, 0.2) is 0 Å². The summed E-state index contributed by atoms with van der Waals surface area (Å²) in [4.78, 5) is 24.2. The molecule has 0 aromatic rings. The molecule has 0 saturated heterocycles. The Morgan fingerprint density at radius 3 is 2.33 bits per heavy atom. The van der Waals surface area contributed by atoms with E-state index in [-0.39, 0.29) is 23.3 Å². The SMILES string of the molecule is CCC(C)C(NC(=O)CC1(NC)CCCCC1)C(=O)OC. The average Bonchev–Trinajstić information content (AvgIpc) is 2.52. The van der Waals surface area contributed by atoms with E-state index in [1.807, 2.05) is 20.9 Å². The maximum absolute atomic E-state index is 12.4. The van der Waals surface area contributed by atoms with Crippen LogP contribution in [0.5, 0.6) is 0 Å². The lowest BCUT2D eigenvalue weighted by atomic mass is 9.79. The number of nitrogens with one attached hydrogen (secondary N) is 2. The molecule has 1 aliphatic carbocycles. The summed E-state index contributed by atoms with van der Waals surface area (Å²) < 4.78 is 4.81. The summed E-state index contributed by atoms with van der Waals surface area (Å²) in [6.07, 6.45) is 6.82. The molecule has 0 spiro atoms. The molecule has 1 aliphatic rings. The molecular formula is C16H30N2O3. The van der Waals surface area contributed by atoms with Crippen LogP contribution < -0.4 is 10.6 Å². The fourth-order valence-corrected chi connectivity index (χ4v) is 3.07. The first-order valence-corrected chi connectivity index (χ1v) is 8.04. The molecule has 2 atom stereocenters. The van der Waals surface area contributed by atoms with Gasteiger partial charge in [0.2, 0.25) is 5.91 Å².